The average molecular weight is 670 g/mol. The van der Waals surface area contributed by atoms with Gasteiger partial charge >= 0.3 is 5.97 Å². The number of carbonyl (C=O) groups excluding carboxylic acids is 6. The number of cyclic esters (lactones) is 1. The first-order valence-corrected chi connectivity index (χ1v) is 17.2. The van der Waals surface area contributed by atoms with E-state index in [0.717, 1.165) is 25.7 Å². The summed E-state index contributed by atoms with van der Waals surface area (Å²) in [4.78, 5) is 79.2. The summed E-state index contributed by atoms with van der Waals surface area (Å²) in [5, 5.41) is 32.2. The fraction of sp³-hybridized carbons (Fsp3) is 0.818. The minimum atomic E-state index is -1.58. The lowest BCUT2D eigenvalue weighted by atomic mass is 9.97. The molecule has 5 amide bonds. The quantitative estimate of drug-likeness (QED) is 0.0920. The maximum atomic E-state index is 13.5. The highest BCUT2D eigenvalue weighted by atomic mass is 16.5. The Hall–Kier alpha value is -3.26. The molecule has 1 heterocycles. The molecule has 1 aliphatic rings. The second kappa shape index (κ2) is 22.3. The minimum Gasteiger partial charge on any atom is -0.458 e. The number of ether oxygens (including phenoxy) is 1. The summed E-state index contributed by atoms with van der Waals surface area (Å²) in [5.74, 6) is -5.64. The average Bonchev–Trinajstić information content (AvgIpc) is 3.03. The summed E-state index contributed by atoms with van der Waals surface area (Å²) < 4.78 is 5.65. The van der Waals surface area contributed by atoms with Gasteiger partial charge in [0.05, 0.1) is 13.2 Å². The van der Waals surface area contributed by atoms with Crippen LogP contribution in [0.5, 0.6) is 0 Å². The van der Waals surface area contributed by atoms with Crippen molar-refractivity contribution in [2.45, 2.75) is 148 Å². The molecule has 0 aromatic rings. The Kier molecular flexibility index (Phi) is 19.8. The summed E-state index contributed by atoms with van der Waals surface area (Å²) in [6.07, 6.45) is 8.86. The van der Waals surface area contributed by atoms with Crippen LogP contribution in [0.15, 0.2) is 0 Å². The molecule has 14 heteroatoms. The Morgan fingerprint density at radius 1 is 0.723 bits per heavy atom. The molecule has 7 N–H and O–H groups in total. The van der Waals surface area contributed by atoms with E-state index in [0.29, 0.717) is 12.8 Å². The number of rotatable bonds is 16. The number of unbranched alkanes of at least 4 members (excludes halogenated alkanes) is 8. The highest BCUT2D eigenvalue weighted by molar-refractivity contribution is 5.96. The summed E-state index contributed by atoms with van der Waals surface area (Å²) in [6.45, 7) is 8.77. The standard InChI is InChI=1S/C33H59N5O9/c1-7-9-10-11-12-13-14-15-16-17-25(41)36-28-22(6)47-33(46)27(21(5)8-2)38-31(44)26(20(3)4)37-30(43)24(19-40)34-29(42)23(18-39)35-32(28)45/h20-24,26-28,39-40H,7-19H2,1-6H3,(H,34,42)(H,35,45)(H,36,41)(H,37,43)(H,38,44)/t21-,22+,23+,24-,26+,27?,28-/m0/s1. The molecular formula is C33H59N5O9. The van der Waals surface area contributed by atoms with Crippen LogP contribution >= 0.6 is 0 Å². The molecule has 1 fully saturated rings. The predicted octanol–water partition coefficient (Wildman–Crippen LogP) is 0.963. The van der Waals surface area contributed by atoms with Crippen molar-refractivity contribution in [1.82, 2.24) is 26.6 Å². The SMILES string of the molecule is CCCCCCCCCCCC(=O)N[C@@H]1C(=O)N[C@H](CO)C(=O)N[C@@H](CO)C(=O)N[C@H](C(C)C)C(=O)NC([C@@H](C)CC)C(=O)O[C@@H]1C. The Balaban J connectivity index is 3.25. The fourth-order valence-electron chi connectivity index (χ4n) is 5.19. The first-order valence-electron chi connectivity index (χ1n) is 17.2. The van der Waals surface area contributed by atoms with Crippen LogP contribution in [-0.4, -0.2) is 95.2 Å². The Morgan fingerprint density at radius 2 is 1.21 bits per heavy atom. The minimum absolute atomic E-state index is 0.125. The second-order valence-electron chi connectivity index (χ2n) is 12.9. The van der Waals surface area contributed by atoms with Crippen molar-refractivity contribution in [3.8, 4) is 0 Å². The maximum Gasteiger partial charge on any atom is 0.329 e. The number of amides is 5. The zero-order valence-corrected chi connectivity index (χ0v) is 29.1. The van der Waals surface area contributed by atoms with Crippen molar-refractivity contribution in [2.75, 3.05) is 13.2 Å². The molecule has 1 rings (SSSR count). The molecule has 0 radical (unpaired) electrons. The summed E-state index contributed by atoms with van der Waals surface area (Å²) >= 11 is 0. The van der Waals surface area contributed by atoms with E-state index in [1.165, 1.54) is 32.6 Å². The largest absolute Gasteiger partial charge is 0.458 e. The lowest BCUT2D eigenvalue weighted by molar-refractivity contribution is -0.157. The third kappa shape index (κ3) is 14.6. The molecule has 1 aliphatic heterocycles. The van der Waals surface area contributed by atoms with Crippen molar-refractivity contribution >= 4 is 35.5 Å². The van der Waals surface area contributed by atoms with Gasteiger partial charge in [-0.05, 0) is 25.2 Å². The van der Waals surface area contributed by atoms with Crippen LogP contribution in [0.4, 0.5) is 0 Å². The topological polar surface area (TPSA) is 212 Å². The molecule has 14 nitrogen and oxygen atoms in total. The predicted molar refractivity (Wildman–Crippen MR) is 176 cm³/mol. The molecule has 7 atom stereocenters. The van der Waals surface area contributed by atoms with Gasteiger partial charge in [0, 0.05) is 6.42 Å². The lowest BCUT2D eigenvalue weighted by Crippen LogP contribution is -2.63. The number of carbonyl (C=O) groups is 6. The van der Waals surface area contributed by atoms with Gasteiger partial charge in [-0.3, -0.25) is 24.0 Å². The molecule has 0 bridgehead atoms. The molecule has 1 saturated heterocycles. The van der Waals surface area contributed by atoms with E-state index in [1.54, 1.807) is 20.8 Å². The number of esters is 1. The lowest BCUT2D eigenvalue weighted by Gasteiger charge is -2.31. The number of nitrogens with one attached hydrogen (secondary N) is 5. The summed E-state index contributed by atoms with van der Waals surface area (Å²) in [6, 6.07) is -6.83. The van der Waals surface area contributed by atoms with Crippen molar-refractivity contribution in [2.24, 2.45) is 11.8 Å². The zero-order valence-electron chi connectivity index (χ0n) is 29.1. The number of hydrogen-bond acceptors (Lipinski definition) is 9. The summed E-state index contributed by atoms with van der Waals surface area (Å²) in [5.41, 5.74) is 0. The first-order chi connectivity index (χ1) is 22.3. The third-order valence-electron chi connectivity index (χ3n) is 8.52. The van der Waals surface area contributed by atoms with Crippen LogP contribution in [-0.2, 0) is 33.5 Å². The monoisotopic (exact) mass is 669 g/mol. The second-order valence-corrected chi connectivity index (χ2v) is 12.9. The van der Waals surface area contributed by atoms with Crippen LogP contribution in [0.25, 0.3) is 0 Å². The molecule has 0 spiro atoms. The van der Waals surface area contributed by atoms with Gasteiger partial charge in [-0.2, -0.15) is 0 Å². The Morgan fingerprint density at radius 3 is 1.72 bits per heavy atom. The van der Waals surface area contributed by atoms with Crippen LogP contribution in [0.3, 0.4) is 0 Å². The van der Waals surface area contributed by atoms with Crippen molar-refractivity contribution in [1.29, 1.82) is 0 Å². The highest BCUT2D eigenvalue weighted by Gasteiger charge is 2.38. The van der Waals surface area contributed by atoms with Crippen LogP contribution < -0.4 is 26.6 Å². The molecule has 0 aromatic heterocycles. The van der Waals surface area contributed by atoms with Gasteiger partial charge in [-0.1, -0.05) is 92.4 Å². The normalized spacial score (nSPS) is 25.7. The number of hydrogen-bond donors (Lipinski definition) is 7. The maximum absolute atomic E-state index is 13.5. The molecule has 0 aromatic carbocycles. The van der Waals surface area contributed by atoms with Crippen molar-refractivity contribution < 1.29 is 43.7 Å². The molecule has 47 heavy (non-hydrogen) atoms. The molecule has 0 saturated carbocycles. The van der Waals surface area contributed by atoms with Crippen molar-refractivity contribution in [3.63, 3.8) is 0 Å². The van der Waals surface area contributed by atoms with Crippen LogP contribution in [0.1, 0.15) is 112 Å². The van der Waals surface area contributed by atoms with Gasteiger partial charge < -0.3 is 41.5 Å². The Labute approximate surface area is 279 Å². The zero-order chi connectivity index (χ0) is 35.5. The number of aliphatic hydroxyl groups is 2. The number of aliphatic hydroxyl groups excluding tert-OH is 2. The van der Waals surface area contributed by atoms with Gasteiger partial charge in [0.25, 0.3) is 0 Å². The smallest absolute Gasteiger partial charge is 0.329 e. The van der Waals surface area contributed by atoms with E-state index in [9.17, 15) is 39.0 Å². The highest BCUT2D eigenvalue weighted by Crippen LogP contribution is 2.15. The first kappa shape index (κ1) is 41.8. The van der Waals surface area contributed by atoms with Gasteiger partial charge in [0.1, 0.15) is 36.3 Å². The van der Waals surface area contributed by atoms with Crippen LogP contribution in [0.2, 0.25) is 0 Å². The Bertz CT molecular complexity index is 1020. The van der Waals surface area contributed by atoms with Crippen molar-refractivity contribution in [3.05, 3.63) is 0 Å². The van der Waals surface area contributed by atoms with E-state index < -0.39 is 96.9 Å². The van der Waals surface area contributed by atoms with E-state index in [1.807, 2.05) is 6.92 Å². The van der Waals surface area contributed by atoms with E-state index in [4.69, 9.17) is 4.74 Å². The molecular weight excluding hydrogens is 610 g/mol. The summed E-state index contributed by atoms with van der Waals surface area (Å²) in [7, 11) is 0. The van der Waals surface area contributed by atoms with E-state index in [-0.39, 0.29) is 6.42 Å². The fourth-order valence-corrected chi connectivity index (χ4v) is 5.19. The van der Waals surface area contributed by atoms with E-state index >= 15 is 0 Å². The molecule has 270 valence electrons. The van der Waals surface area contributed by atoms with Crippen LogP contribution in [0, 0.1) is 11.8 Å². The van der Waals surface area contributed by atoms with Gasteiger partial charge in [-0.25, -0.2) is 4.79 Å². The van der Waals surface area contributed by atoms with Gasteiger partial charge in [0.15, 0.2) is 0 Å². The van der Waals surface area contributed by atoms with Gasteiger partial charge in [0.2, 0.25) is 29.5 Å². The molecule has 0 aliphatic carbocycles. The van der Waals surface area contributed by atoms with Gasteiger partial charge in [-0.15, -0.1) is 0 Å². The third-order valence-corrected chi connectivity index (χ3v) is 8.52. The molecule has 1 unspecified atom stereocenters. The van der Waals surface area contributed by atoms with E-state index in [2.05, 4.69) is 33.5 Å².